The molecule has 0 amide bonds. The molecule has 3 rings (SSSR count). The van der Waals surface area contributed by atoms with E-state index in [4.69, 9.17) is 23.2 Å². The Morgan fingerprint density at radius 1 is 1.26 bits per heavy atom. The molecular weight excluding hydrogens is 292 g/mol. The first-order valence-electron chi connectivity index (χ1n) is 5.28. The summed E-state index contributed by atoms with van der Waals surface area (Å²) in [6.45, 7) is 0. The number of benzene rings is 1. The fourth-order valence-electron chi connectivity index (χ4n) is 1.82. The largest absolute Gasteiger partial charge is 0.619 e. The Morgan fingerprint density at radius 2 is 1.95 bits per heavy atom. The molecule has 0 fully saturated rings. The SMILES string of the molecule is [O-][n+]1ccc2nn(-c3c(Cl)cc(F)cc3Cl)cc2c1. The van der Waals surface area contributed by atoms with Crippen LogP contribution in [0.15, 0.2) is 36.8 Å². The molecule has 19 heavy (non-hydrogen) atoms. The molecule has 0 atom stereocenters. The highest BCUT2D eigenvalue weighted by molar-refractivity contribution is 6.37. The van der Waals surface area contributed by atoms with E-state index in [1.807, 2.05) is 0 Å². The molecule has 0 saturated heterocycles. The second kappa shape index (κ2) is 4.36. The molecule has 0 unspecified atom stereocenters. The Balaban J connectivity index is 2.24. The van der Waals surface area contributed by atoms with Crippen LogP contribution in [0, 0.1) is 11.0 Å². The summed E-state index contributed by atoms with van der Waals surface area (Å²) in [6, 6.07) is 3.88. The van der Waals surface area contributed by atoms with Crippen molar-refractivity contribution in [1.82, 2.24) is 9.78 Å². The zero-order valence-electron chi connectivity index (χ0n) is 9.35. The Kier molecular flexibility index (Phi) is 2.80. The van der Waals surface area contributed by atoms with E-state index in [0.717, 1.165) is 12.1 Å². The zero-order chi connectivity index (χ0) is 13.6. The minimum Gasteiger partial charge on any atom is -0.619 e. The number of halogens is 3. The molecule has 0 saturated carbocycles. The number of fused-ring (bicyclic) bond motifs is 1. The van der Waals surface area contributed by atoms with Crippen molar-refractivity contribution in [2.75, 3.05) is 0 Å². The van der Waals surface area contributed by atoms with Crippen LogP contribution in [-0.2, 0) is 0 Å². The molecule has 2 aromatic heterocycles. The van der Waals surface area contributed by atoms with Crippen molar-refractivity contribution in [3.63, 3.8) is 0 Å². The third-order valence-electron chi connectivity index (χ3n) is 2.63. The lowest BCUT2D eigenvalue weighted by Gasteiger charge is -2.06. The first kappa shape index (κ1) is 12.2. The molecule has 0 bridgehead atoms. The van der Waals surface area contributed by atoms with Crippen LogP contribution in [0.2, 0.25) is 10.0 Å². The highest BCUT2D eigenvalue weighted by Gasteiger charge is 2.13. The average Bonchev–Trinajstić information content (AvgIpc) is 2.69. The van der Waals surface area contributed by atoms with E-state index in [1.165, 1.54) is 17.1 Å². The summed E-state index contributed by atoms with van der Waals surface area (Å²) in [5.74, 6) is -0.520. The van der Waals surface area contributed by atoms with Gasteiger partial charge in [0.2, 0.25) is 0 Å². The van der Waals surface area contributed by atoms with Crippen molar-refractivity contribution < 1.29 is 9.12 Å². The van der Waals surface area contributed by atoms with E-state index < -0.39 is 5.82 Å². The normalized spacial score (nSPS) is 11.1. The van der Waals surface area contributed by atoms with Crippen molar-refractivity contribution in [3.8, 4) is 5.69 Å². The Hall–Kier alpha value is -1.85. The van der Waals surface area contributed by atoms with Gasteiger partial charge >= 0.3 is 0 Å². The summed E-state index contributed by atoms with van der Waals surface area (Å²) < 4.78 is 15.2. The van der Waals surface area contributed by atoms with Crippen LogP contribution >= 0.6 is 23.2 Å². The van der Waals surface area contributed by atoms with Gasteiger partial charge in [0, 0.05) is 12.3 Å². The van der Waals surface area contributed by atoms with Gasteiger partial charge in [-0.05, 0) is 12.1 Å². The number of hydrogen-bond donors (Lipinski definition) is 0. The molecule has 1 aromatic carbocycles. The van der Waals surface area contributed by atoms with E-state index in [9.17, 15) is 9.60 Å². The monoisotopic (exact) mass is 297 g/mol. The Morgan fingerprint density at radius 3 is 2.63 bits per heavy atom. The predicted molar refractivity (Wildman–Crippen MR) is 70.0 cm³/mol. The summed E-state index contributed by atoms with van der Waals surface area (Å²) in [5.41, 5.74) is 0.988. The van der Waals surface area contributed by atoms with E-state index in [2.05, 4.69) is 5.10 Å². The van der Waals surface area contributed by atoms with Crippen molar-refractivity contribution >= 4 is 34.1 Å². The summed E-state index contributed by atoms with van der Waals surface area (Å²) in [4.78, 5) is 0. The second-order valence-electron chi connectivity index (χ2n) is 3.94. The molecule has 0 aliphatic carbocycles. The van der Waals surface area contributed by atoms with Crippen molar-refractivity contribution in [1.29, 1.82) is 0 Å². The summed E-state index contributed by atoms with van der Waals surface area (Å²) in [5, 5.41) is 16.4. The highest BCUT2D eigenvalue weighted by Crippen LogP contribution is 2.30. The molecule has 3 aromatic rings. The van der Waals surface area contributed by atoms with Crippen LogP contribution in [0.4, 0.5) is 4.39 Å². The lowest BCUT2D eigenvalue weighted by molar-refractivity contribution is -0.603. The van der Waals surface area contributed by atoms with Crippen molar-refractivity contribution in [3.05, 3.63) is 57.9 Å². The van der Waals surface area contributed by atoms with Crippen LogP contribution in [0.1, 0.15) is 0 Å². The lowest BCUT2D eigenvalue weighted by Crippen LogP contribution is -2.23. The fourth-order valence-corrected chi connectivity index (χ4v) is 2.46. The fraction of sp³-hybridized carbons (Fsp3) is 0. The van der Waals surface area contributed by atoms with Crippen LogP contribution in [-0.4, -0.2) is 9.78 Å². The van der Waals surface area contributed by atoms with Gasteiger partial charge in [-0.2, -0.15) is 9.83 Å². The summed E-state index contributed by atoms with van der Waals surface area (Å²) >= 11 is 12.0. The van der Waals surface area contributed by atoms with Gasteiger partial charge in [-0.1, -0.05) is 23.2 Å². The topological polar surface area (TPSA) is 44.8 Å². The predicted octanol–water partition coefficient (Wildman–Crippen LogP) is 3.10. The van der Waals surface area contributed by atoms with Gasteiger partial charge in [0.05, 0.1) is 15.4 Å². The van der Waals surface area contributed by atoms with E-state index in [-0.39, 0.29) is 10.0 Å². The van der Waals surface area contributed by atoms with Crippen molar-refractivity contribution in [2.24, 2.45) is 0 Å². The van der Waals surface area contributed by atoms with Gasteiger partial charge in [-0.15, -0.1) is 0 Å². The molecule has 0 N–H and O–H groups in total. The van der Waals surface area contributed by atoms with E-state index in [0.29, 0.717) is 21.3 Å². The smallest absolute Gasteiger partial charge is 0.191 e. The maximum atomic E-state index is 13.1. The molecule has 0 aliphatic heterocycles. The second-order valence-corrected chi connectivity index (χ2v) is 4.75. The van der Waals surface area contributed by atoms with Gasteiger partial charge in [0.1, 0.15) is 17.0 Å². The molecule has 7 heteroatoms. The van der Waals surface area contributed by atoms with Gasteiger partial charge < -0.3 is 5.21 Å². The summed E-state index contributed by atoms with van der Waals surface area (Å²) in [7, 11) is 0. The van der Waals surface area contributed by atoms with Gasteiger partial charge in [-0.25, -0.2) is 9.07 Å². The maximum absolute atomic E-state index is 13.1. The number of nitrogens with zero attached hydrogens (tertiary/aromatic N) is 3. The minimum absolute atomic E-state index is 0.146. The van der Waals surface area contributed by atoms with Gasteiger partial charge in [-0.3, -0.25) is 0 Å². The third kappa shape index (κ3) is 2.11. The Labute approximate surface area is 117 Å². The molecule has 96 valence electrons. The van der Waals surface area contributed by atoms with Crippen LogP contribution < -0.4 is 4.73 Å². The minimum atomic E-state index is -0.520. The molecule has 4 nitrogen and oxygen atoms in total. The first-order chi connectivity index (χ1) is 9.04. The zero-order valence-corrected chi connectivity index (χ0v) is 10.9. The number of rotatable bonds is 1. The van der Waals surface area contributed by atoms with Crippen LogP contribution in [0.25, 0.3) is 16.6 Å². The molecule has 0 aliphatic rings. The van der Waals surface area contributed by atoms with Crippen LogP contribution in [0.3, 0.4) is 0 Å². The first-order valence-corrected chi connectivity index (χ1v) is 6.03. The summed E-state index contributed by atoms with van der Waals surface area (Å²) in [6.07, 6.45) is 4.33. The van der Waals surface area contributed by atoms with E-state index in [1.54, 1.807) is 12.3 Å². The quantitative estimate of drug-likeness (QED) is 0.512. The maximum Gasteiger partial charge on any atom is 0.191 e. The van der Waals surface area contributed by atoms with Gasteiger partial charge in [0.25, 0.3) is 0 Å². The van der Waals surface area contributed by atoms with Crippen LogP contribution in [0.5, 0.6) is 0 Å². The average molecular weight is 298 g/mol. The van der Waals surface area contributed by atoms with E-state index >= 15 is 0 Å². The molecule has 0 radical (unpaired) electrons. The number of pyridine rings is 1. The Bertz CT molecular complexity index is 765. The lowest BCUT2D eigenvalue weighted by atomic mass is 10.3. The standard InChI is InChI=1S/C12H6Cl2FN3O/c13-9-3-8(15)4-10(14)12(9)18-6-7-5-17(19)2-1-11(7)16-18/h1-6H. The number of aromatic nitrogens is 3. The highest BCUT2D eigenvalue weighted by atomic mass is 35.5. The third-order valence-corrected chi connectivity index (χ3v) is 3.21. The number of hydrogen-bond acceptors (Lipinski definition) is 2. The molecule has 2 heterocycles. The van der Waals surface area contributed by atoms with Gasteiger partial charge in [0.15, 0.2) is 12.4 Å². The van der Waals surface area contributed by atoms with Crippen molar-refractivity contribution in [2.45, 2.75) is 0 Å². The molecule has 0 spiro atoms. The molecular formula is C12H6Cl2FN3O.